The Labute approximate surface area is 125 Å². The van der Waals surface area contributed by atoms with Crippen molar-refractivity contribution in [1.29, 1.82) is 0 Å². The van der Waals surface area contributed by atoms with Gasteiger partial charge in [-0.05, 0) is 27.7 Å². The molecule has 0 aromatic carbocycles. The van der Waals surface area contributed by atoms with E-state index in [0.29, 0.717) is 12.4 Å². The van der Waals surface area contributed by atoms with Crippen LogP contribution < -0.4 is 10.9 Å². The molecule has 0 spiro atoms. The SMILES string of the molecule is CC(CNC(=O)c1cnc(C(C)C)[nH]c1=O)OC(C)(C)C. The number of amides is 1. The van der Waals surface area contributed by atoms with Gasteiger partial charge in [-0.15, -0.1) is 0 Å². The predicted octanol–water partition coefficient (Wildman–Crippen LogP) is 1.83. The normalized spacial score (nSPS) is 13.3. The molecule has 1 rings (SSSR count). The van der Waals surface area contributed by atoms with Gasteiger partial charge in [0, 0.05) is 18.7 Å². The topological polar surface area (TPSA) is 84.1 Å². The van der Waals surface area contributed by atoms with Crippen molar-refractivity contribution >= 4 is 5.91 Å². The van der Waals surface area contributed by atoms with Gasteiger partial charge in [-0.2, -0.15) is 0 Å². The van der Waals surface area contributed by atoms with Gasteiger partial charge in [0.15, 0.2) is 0 Å². The third-order valence-electron chi connectivity index (χ3n) is 2.72. The number of hydrogen-bond donors (Lipinski definition) is 2. The summed E-state index contributed by atoms with van der Waals surface area (Å²) in [6.45, 7) is 11.9. The van der Waals surface area contributed by atoms with Crippen LogP contribution in [0.3, 0.4) is 0 Å². The summed E-state index contributed by atoms with van der Waals surface area (Å²) in [6, 6.07) is 0. The molecule has 1 unspecified atom stereocenters. The van der Waals surface area contributed by atoms with Crippen LogP contribution in [0, 0.1) is 0 Å². The van der Waals surface area contributed by atoms with Gasteiger partial charge in [0.25, 0.3) is 11.5 Å². The minimum absolute atomic E-state index is 0.0161. The molecule has 0 radical (unpaired) electrons. The molecule has 6 nitrogen and oxygen atoms in total. The molecule has 1 amide bonds. The molecule has 6 heteroatoms. The second-order valence-corrected chi connectivity index (χ2v) is 6.42. The highest BCUT2D eigenvalue weighted by molar-refractivity contribution is 5.93. The van der Waals surface area contributed by atoms with Crippen LogP contribution in [-0.4, -0.2) is 34.1 Å². The van der Waals surface area contributed by atoms with Crippen molar-refractivity contribution in [2.24, 2.45) is 0 Å². The summed E-state index contributed by atoms with van der Waals surface area (Å²) in [5, 5.41) is 2.69. The molecular formula is C15H25N3O3. The number of H-pyrrole nitrogens is 1. The Kier molecular flexibility index (Phi) is 5.66. The first-order valence-corrected chi connectivity index (χ1v) is 7.15. The highest BCUT2D eigenvalue weighted by Crippen LogP contribution is 2.10. The summed E-state index contributed by atoms with van der Waals surface area (Å²) in [5.74, 6) is 0.236. The lowest BCUT2D eigenvalue weighted by molar-refractivity contribution is -0.0492. The predicted molar refractivity (Wildman–Crippen MR) is 81.6 cm³/mol. The van der Waals surface area contributed by atoms with Crippen LogP contribution in [0.25, 0.3) is 0 Å². The number of hydrogen-bond acceptors (Lipinski definition) is 4. The van der Waals surface area contributed by atoms with E-state index in [2.05, 4.69) is 15.3 Å². The Balaban J connectivity index is 2.67. The highest BCUT2D eigenvalue weighted by Gasteiger charge is 2.17. The van der Waals surface area contributed by atoms with E-state index in [1.807, 2.05) is 41.5 Å². The van der Waals surface area contributed by atoms with Gasteiger partial charge in [-0.3, -0.25) is 9.59 Å². The minimum Gasteiger partial charge on any atom is -0.371 e. The summed E-state index contributed by atoms with van der Waals surface area (Å²) in [7, 11) is 0. The lowest BCUT2D eigenvalue weighted by atomic mass is 10.2. The number of nitrogens with zero attached hydrogens (tertiary/aromatic N) is 1. The monoisotopic (exact) mass is 295 g/mol. The molecule has 0 aliphatic carbocycles. The number of carbonyl (C=O) groups excluding carboxylic acids is 1. The largest absolute Gasteiger partial charge is 0.371 e. The van der Waals surface area contributed by atoms with E-state index < -0.39 is 11.5 Å². The molecule has 1 atom stereocenters. The molecule has 2 N–H and O–H groups in total. The van der Waals surface area contributed by atoms with Crippen LogP contribution in [0.5, 0.6) is 0 Å². The van der Waals surface area contributed by atoms with Crippen LogP contribution >= 0.6 is 0 Å². The summed E-state index contributed by atoms with van der Waals surface area (Å²) in [6.07, 6.45) is 1.18. The standard InChI is InChI=1S/C15H25N3O3/c1-9(2)12-16-8-11(14(20)18-12)13(19)17-7-10(3)21-15(4,5)6/h8-10H,7H2,1-6H3,(H,17,19)(H,16,18,20). The molecule has 0 fully saturated rings. The van der Waals surface area contributed by atoms with E-state index in [-0.39, 0.29) is 23.2 Å². The molecule has 0 aliphatic heterocycles. The first-order valence-electron chi connectivity index (χ1n) is 7.15. The van der Waals surface area contributed by atoms with Crippen LogP contribution in [0.1, 0.15) is 63.6 Å². The van der Waals surface area contributed by atoms with Gasteiger partial charge in [-0.1, -0.05) is 13.8 Å². The third-order valence-corrected chi connectivity index (χ3v) is 2.72. The molecule has 21 heavy (non-hydrogen) atoms. The maximum atomic E-state index is 12.0. The van der Waals surface area contributed by atoms with Crippen LogP contribution in [0.2, 0.25) is 0 Å². The van der Waals surface area contributed by atoms with Gasteiger partial charge in [0.1, 0.15) is 11.4 Å². The Morgan fingerprint density at radius 3 is 2.48 bits per heavy atom. The van der Waals surface area contributed by atoms with Crippen LogP contribution in [0.15, 0.2) is 11.0 Å². The Bertz CT molecular complexity index is 544. The zero-order chi connectivity index (χ0) is 16.2. The summed E-state index contributed by atoms with van der Waals surface area (Å²) in [5.41, 5.74) is -0.680. The van der Waals surface area contributed by atoms with E-state index in [1.165, 1.54) is 6.20 Å². The fourth-order valence-corrected chi connectivity index (χ4v) is 1.84. The number of nitrogens with one attached hydrogen (secondary N) is 2. The second-order valence-electron chi connectivity index (χ2n) is 6.42. The van der Waals surface area contributed by atoms with Gasteiger partial charge >= 0.3 is 0 Å². The average Bonchev–Trinajstić information content (AvgIpc) is 2.33. The molecular weight excluding hydrogens is 270 g/mol. The summed E-state index contributed by atoms with van der Waals surface area (Å²) < 4.78 is 5.69. The van der Waals surface area contributed by atoms with Crippen molar-refractivity contribution in [3.05, 3.63) is 27.9 Å². The fourth-order valence-electron chi connectivity index (χ4n) is 1.84. The molecule has 118 valence electrons. The maximum absolute atomic E-state index is 12.0. The highest BCUT2D eigenvalue weighted by atomic mass is 16.5. The molecule has 1 heterocycles. The number of carbonyl (C=O) groups is 1. The van der Waals surface area contributed by atoms with Crippen LogP contribution in [0.4, 0.5) is 0 Å². The quantitative estimate of drug-likeness (QED) is 0.868. The van der Waals surface area contributed by atoms with Gasteiger partial charge in [0.05, 0.1) is 11.7 Å². The minimum atomic E-state index is -0.441. The smallest absolute Gasteiger partial charge is 0.263 e. The van der Waals surface area contributed by atoms with Crippen molar-refractivity contribution in [2.75, 3.05) is 6.54 Å². The van der Waals surface area contributed by atoms with Crippen molar-refractivity contribution in [1.82, 2.24) is 15.3 Å². The van der Waals surface area contributed by atoms with Gasteiger partial charge < -0.3 is 15.0 Å². The molecule has 1 aromatic heterocycles. The molecule has 1 aromatic rings. The van der Waals surface area contributed by atoms with E-state index in [1.54, 1.807) is 0 Å². The van der Waals surface area contributed by atoms with Crippen molar-refractivity contribution < 1.29 is 9.53 Å². The van der Waals surface area contributed by atoms with E-state index in [0.717, 1.165) is 0 Å². The molecule has 0 saturated carbocycles. The maximum Gasteiger partial charge on any atom is 0.263 e. The van der Waals surface area contributed by atoms with Crippen molar-refractivity contribution in [3.63, 3.8) is 0 Å². The fraction of sp³-hybridized carbons (Fsp3) is 0.667. The zero-order valence-electron chi connectivity index (χ0n) is 13.6. The van der Waals surface area contributed by atoms with E-state index in [4.69, 9.17) is 4.74 Å². The van der Waals surface area contributed by atoms with Gasteiger partial charge in [-0.25, -0.2) is 4.98 Å². The Morgan fingerprint density at radius 2 is 2.00 bits per heavy atom. The molecule has 0 saturated heterocycles. The Hall–Kier alpha value is -1.69. The molecule has 0 aliphatic rings. The summed E-state index contributed by atoms with van der Waals surface area (Å²) >= 11 is 0. The second kappa shape index (κ2) is 6.85. The lowest BCUT2D eigenvalue weighted by Crippen LogP contribution is -2.38. The number of aromatic amines is 1. The number of ether oxygens (including phenoxy) is 1. The van der Waals surface area contributed by atoms with Crippen LogP contribution in [-0.2, 0) is 4.74 Å². The van der Waals surface area contributed by atoms with E-state index in [9.17, 15) is 9.59 Å². The lowest BCUT2D eigenvalue weighted by Gasteiger charge is -2.25. The first-order chi connectivity index (χ1) is 9.60. The van der Waals surface area contributed by atoms with Crippen molar-refractivity contribution in [3.8, 4) is 0 Å². The number of rotatable bonds is 5. The average molecular weight is 295 g/mol. The number of aromatic nitrogens is 2. The third kappa shape index (κ3) is 5.67. The van der Waals surface area contributed by atoms with Gasteiger partial charge in [0.2, 0.25) is 0 Å². The first kappa shape index (κ1) is 17.4. The summed E-state index contributed by atoms with van der Waals surface area (Å²) in [4.78, 5) is 30.6. The zero-order valence-corrected chi connectivity index (χ0v) is 13.6. The molecule has 0 bridgehead atoms. The van der Waals surface area contributed by atoms with E-state index >= 15 is 0 Å². The Morgan fingerprint density at radius 1 is 1.38 bits per heavy atom. The van der Waals surface area contributed by atoms with Crippen molar-refractivity contribution in [2.45, 2.75) is 59.2 Å².